The first-order chi connectivity index (χ1) is 9.29. The van der Waals surface area contributed by atoms with Gasteiger partial charge in [0.25, 0.3) is 10.0 Å². The fourth-order valence-electron chi connectivity index (χ4n) is 1.67. The molecule has 0 heterocycles. The Hall–Kier alpha value is -1.05. The zero-order valence-electron chi connectivity index (χ0n) is 10.5. The lowest BCUT2D eigenvalue weighted by molar-refractivity contribution is 0.601. The van der Waals surface area contributed by atoms with E-state index in [2.05, 4.69) is 36.6 Å². The molecule has 2 aromatic rings. The number of anilines is 2. The first-order valence-electron chi connectivity index (χ1n) is 5.63. The third-order valence-electron chi connectivity index (χ3n) is 2.71. The van der Waals surface area contributed by atoms with E-state index >= 15 is 0 Å². The van der Waals surface area contributed by atoms with Crippen molar-refractivity contribution in [3.05, 3.63) is 50.9 Å². The highest BCUT2D eigenvalue weighted by molar-refractivity contribution is 9.10. The van der Waals surface area contributed by atoms with Crippen molar-refractivity contribution in [2.75, 3.05) is 10.5 Å². The lowest BCUT2D eigenvalue weighted by atomic mass is 10.2. The summed E-state index contributed by atoms with van der Waals surface area (Å²) in [6.45, 7) is 1.83. The van der Waals surface area contributed by atoms with Crippen molar-refractivity contribution in [3.8, 4) is 0 Å². The van der Waals surface area contributed by atoms with E-state index in [9.17, 15) is 8.42 Å². The number of nitrogens with two attached hydrogens (primary N) is 1. The number of halogens is 2. The minimum atomic E-state index is -3.72. The van der Waals surface area contributed by atoms with Gasteiger partial charge < -0.3 is 5.73 Å². The van der Waals surface area contributed by atoms with E-state index in [1.165, 1.54) is 6.07 Å². The van der Waals surface area contributed by atoms with Crippen molar-refractivity contribution in [1.29, 1.82) is 0 Å². The molecule has 2 rings (SSSR count). The van der Waals surface area contributed by atoms with Gasteiger partial charge in [-0.3, -0.25) is 4.72 Å². The molecule has 7 heteroatoms. The van der Waals surface area contributed by atoms with Gasteiger partial charge in [0.2, 0.25) is 0 Å². The van der Waals surface area contributed by atoms with Gasteiger partial charge in [-0.25, -0.2) is 8.42 Å². The first kappa shape index (κ1) is 15.3. The van der Waals surface area contributed by atoms with Gasteiger partial charge in [0, 0.05) is 8.95 Å². The third kappa shape index (κ3) is 3.34. The average molecular weight is 420 g/mol. The summed E-state index contributed by atoms with van der Waals surface area (Å²) in [6, 6.07) is 10.0. The molecule has 0 aliphatic rings. The fourth-order valence-corrected chi connectivity index (χ4v) is 3.64. The molecule has 0 saturated heterocycles. The number of rotatable bonds is 3. The third-order valence-corrected chi connectivity index (χ3v) is 5.13. The second-order valence-corrected chi connectivity index (χ2v) is 7.73. The van der Waals surface area contributed by atoms with Crippen molar-refractivity contribution in [1.82, 2.24) is 0 Å². The van der Waals surface area contributed by atoms with Crippen molar-refractivity contribution in [3.63, 3.8) is 0 Å². The summed E-state index contributed by atoms with van der Waals surface area (Å²) in [5, 5.41) is 0. The molecule has 106 valence electrons. The minimum absolute atomic E-state index is 0.0556. The van der Waals surface area contributed by atoms with E-state index in [0.29, 0.717) is 5.69 Å². The molecule has 4 nitrogen and oxygen atoms in total. The van der Waals surface area contributed by atoms with Gasteiger partial charge in [-0.1, -0.05) is 37.9 Å². The number of hydrogen-bond donors (Lipinski definition) is 2. The SMILES string of the molecule is Cc1ccc(Br)cc1NS(=O)(=O)c1ccc(Br)cc1N. The monoisotopic (exact) mass is 418 g/mol. The van der Waals surface area contributed by atoms with Crippen molar-refractivity contribution < 1.29 is 8.42 Å². The standard InChI is InChI=1S/C13H12Br2N2O2S/c1-8-2-3-10(15)7-12(8)17-20(18,19)13-5-4-9(14)6-11(13)16/h2-7,17H,16H2,1H3. The number of nitrogen functional groups attached to an aromatic ring is 1. The maximum atomic E-state index is 12.4. The average Bonchev–Trinajstić information content (AvgIpc) is 2.33. The van der Waals surface area contributed by atoms with Crippen LogP contribution in [0.5, 0.6) is 0 Å². The Kier molecular flexibility index (Phi) is 4.41. The molecule has 20 heavy (non-hydrogen) atoms. The number of aryl methyl sites for hydroxylation is 1. The highest BCUT2D eigenvalue weighted by atomic mass is 79.9. The van der Waals surface area contributed by atoms with Gasteiger partial charge in [-0.2, -0.15) is 0 Å². The zero-order chi connectivity index (χ0) is 14.9. The van der Waals surface area contributed by atoms with Crippen LogP contribution in [-0.2, 0) is 10.0 Å². The molecule has 0 aliphatic heterocycles. The summed E-state index contributed by atoms with van der Waals surface area (Å²) in [5.41, 5.74) is 7.31. The van der Waals surface area contributed by atoms with Crippen LogP contribution in [0.25, 0.3) is 0 Å². The minimum Gasteiger partial charge on any atom is -0.398 e. The number of nitrogens with one attached hydrogen (secondary N) is 1. The Bertz CT molecular complexity index is 761. The Morgan fingerprint density at radius 2 is 1.65 bits per heavy atom. The lowest BCUT2D eigenvalue weighted by Crippen LogP contribution is -2.15. The van der Waals surface area contributed by atoms with Crippen LogP contribution in [0.15, 0.2) is 50.2 Å². The van der Waals surface area contributed by atoms with Crippen LogP contribution in [0.4, 0.5) is 11.4 Å². The van der Waals surface area contributed by atoms with E-state index < -0.39 is 10.0 Å². The molecule has 0 spiro atoms. The van der Waals surface area contributed by atoms with Crippen molar-refractivity contribution in [2.24, 2.45) is 0 Å². The normalized spacial score (nSPS) is 11.3. The molecular weight excluding hydrogens is 408 g/mol. The van der Waals surface area contributed by atoms with E-state index in [1.807, 2.05) is 19.1 Å². The van der Waals surface area contributed by atoms with Gasteiger partial charge >= 0.3 is 0 Å². The lowest BCUT2D eigenvalue weighted by Gasteiger charge is -2.12. The maximum absolute atomic E-state index is 12.4. The Balaban J connectivity index is 2.43. The van der Waals surface area contributed by atoms with E-state index in [1.54, 1.807) is 18.2 Å². The molecule has 0 atom stereocenters. The van der Waals surface area contributed by atoms with Crippen LogP contribution >= 0.6 is 31.9 Å². The van der Waals surface area contributed by atoms with Crippen LogP contribution in [0.3, 0.4) is 0 Å². The molecule has 0 saturated carbocycles. The molecule has 3 N–H and O–H groups in total. The summed E-state index contributed by atoms with van der Waals surface area (Å²) in [7, 11) is -3.72. The fraction of sp³-hybridized carbons (Fsp3) is 0.0769. The largest absolute Gasteiger partial charge is 0.398 e. The van der Waals surface area contributed by atoms with E-state index in [-0.39, 0.29) is 10.6 Å². The quantitative estimate of drug-likeness (QED) is 0.741. The highest BCUT2D eigenvalue weighted by Crippen LogP contribution is 2.27. The molecular formula is C13H12Br2N2O2S. The van der Waals surface area contributed by atoms with Crippen molar-refractivity contribution in [2.45, 2.75) is 11.8 Å². The topological polar surface area (TPSA) is 72.2 Å². The van der Waals surface area contributed by atoms with Crippen molar-refractivity contribution >= 4 is 53.3 Å². The highest BCUT2D eigenvalue weighted by Gasteiger charge is 2.18. The summed E-state index contributed by atoms with van der Waals surface area (Å²) in [4.78, 5) is 0.0556. The van der Waals surface area contributed by atoms with Crippen LogP contribution in [0.1, 0.15) is 5.56 Å². The summed E-state index contributed by atoms with van der Waals surface area (Å²) in [6.07, 6.45) is 0. The van der Waals surface area contributed by atoms with Crippen LogP contribution in [0, 0.1) is 6.92 Å². The van der Waals surface area contributed by atoms with E-state index in [0.717, 1.165) is 14.5 Å². The Morgan fingerprint density at radius 3 is 2.30 bits per heavy atom. The Morgan fingerprint density at radius 1 is 1.05 bits per heavy atom. The van der Waals surface area contributed by atoms with Crippen LogP contribution in [0.2, 0.25) is 0 Å². The molecule has 0 radical (unpaired) electrons. The number of hydrogen-bond acceptors (Lipinski definition) is 3. The van der Waals surface area contributed by atoms with Crippen LogP contribution < -0.4 is 10.5 Å². The van der Waals surface area contributed by atoms with Gasteiger partial charge in [-0.05, 0) is 42.8 Å². The summed E-state index contributed by atoms with van der Waals surface area (Å²) in [5.74, 6) is 0. The second kappa shape index (κ2) is 5.75. The Labute approximate surface area is 134 Å². The molecule has 0 unspecified atom stereocenters. The number of benzene rings is 2. The van der Waals surface area contributed by atoms with E-state index in [4.69, 9.17) is 5.73 Å². The summed E-state index contributed by atoms with van der Waals surface area (Å²) < 4.78 is 28.8. The molecule has 0 bridgehead atoms. The molecule has 2 aromatic carbocycles. The number of sulfonamides is 1. The molecule has 0 aliphatic carbocycles. The summed E-state index contributed by atoms with van der Waals surface area (Å²) >= 11 is 6.57. The predicted molar refractivity (Wildman–Crippen MR) is 88.2 cm³/mol. The molecule has 0 amide bonds. The zero-order valence-corrected chi connectivity index (χ0v) is 14.5. The second-order valence-electron chi connectivity index (χ2n) is 4.25. The first-order valence-corrected chi connectivity index (χ1v) is 8.70. The van der Waals surface area contributed by atoms with Crippen LogP contribution in [-0.4, -0.2) is 8.42 Å². The van der Waals surface area contributed by atoms with Gasteiger partial charge in [-0.15, -0.1) is 0 Å². The predicted octanol–water partition coefficient (Wildman–Crippen LogP) is 3.90. The smallest absolute Gasteiger partial charge is 0.263 e. The van der Waals surface area contributed by atoms with Gasteiger partial charge in [0.1, 0.15) is 4.90 Å². The van der Waals surface area contributed by atoms with Gasteiger partial charge in [0.05, 0.1) is 11.4 Å². The van der Waals surface area contributed by atoms with Gasteiger partial charge in [0.15, 0.2) is 0 Å². The molecule has 0 fully saturated rings. The maximum Gasteiger partial charge on any atom is 0.263 e. The molecule has 0 aromatic heterocycles.